The van der Waals surface area contributed by atoms with Crippen molar-refractivity contribution in [3.63, 3.8) is 0 Å². The van der Waals surface area contributed by atoms with E-state index in [-0.39, 0.29) is 5.91 Å². The van der Waals surface area contributed by atoms with Crippen molar-refractivity contribution in [3.05, 3.63) is 72.1 Å². The summed E-state index contributed by atoms with van der Waals surface area (Å²) in [7, 11) is 0. The Morgan fingerprint density at radius 3 is 2.96 bits per heavy atom. The summed E-state index contributed by atoms with van der Waals surface area (Å²) < 4.78 is 3.26. The van der Waals surface area contributed by atoms with Gasteiger partial charge in [0.05, 0.1) is 6.20 Å². The van der Waals surface area contributed by atoms with Crippen molar-refractivity contribution >= 4 is 11.6 Å². The number of hydrogen-bond acceptors (Lipinski definition) is 5. The minimum atomic E-state index is -0.217. The fourth-order valence-corrected chi connectivity index (χ4v) is 2.50. The van der Waals surface area contributed by atoms with Gasteiger partial charge in [-0.05, 0) is 36.8 Å². The lowest BCUT2D eigenvalue weighted by Crippen LogP contribution is -2.23. The molecule has 4 aromatic rings. The van der Waals surface area contributed by atoms with Crippen LogP contribution in [-0.4, -0.2) is 35.3 Å². The number of fused-ring (bicyclic) bond motifs is 1. The van der Waals surface area contributed by atoms with Crippen LogP contribution in [0.3, 0.4) is 0 Å². The van der Waals surface area contributed by atoms with E-state index in [2.05, 4.69) is 25.5 Å². The molecule has 0 spiro atoms. The van der Waals surface area contributed by atoms with Gasteiger partial charge in [-0.3, -0.25) is 4.79 Å². The molecule has 0 unspecified atom stereocenters. The van der Waals surface area contributed by atoms with Gasteiger partial charge in [0.15, 0.2) is 11.5 Å². The smallest absolute Gasteiger partial charge is 0.257 e. The molecule has 124 valence electrons. The maximum absolute atomic E-state index is 12.5. The number of carbonyl (C=O) groups excluding carboxylic acids is 1. The van der Waals surface area contributed by atoms with Gasteiger partial charge in [0.1, 0.15) is 5.56 Å². The van der Waals surface area contributed by atoms with E-state index in [0.717, 1.165) is 11.3 Å². The van der Waals surface area contributed by atoms with Crippen LogP contribution >= 0.6 is 0 Å². The second-order valence-electron chi connectivity index (χ2n) is 5.55. The zero-order valence-electron chi connectivity index (χ0n) is 13.5. The normalized spacial score (nSPS) is 10.9. The average molecular weight is 333 g/mol. The van der Waals surface area contributed by atoms with Gasteiger partial charge in [-0.25, -0.2) is 19.2 Å². The topological polar surface area (TPSA) is 90.0 Å². The third kappa shape index (κ3) is 2.97. The number of nitrogens with one attached hydrogen (secondary N) is 1. The molecule has 0 radical (unpaired) electrons. The standard InChI is InChI=1S/C17H15N7O/c1-12-4-8-24-16(22-12)14(11-21-24)17(25)19-10-13-3-6-18-15(9-13)23-7-2-5-20-23/h2-9,11H,10H2,1H3,(H,19,25). The van der Waals surface area contributed by atoms with Gasteiger partial charge in [0.2, 0.25) is 0 Å². The molecule has 0 aliphatic heterocycles. The number of pyridine rings is 1. The van der Waals surface area contributed by atoms with Crippen molar-refractivity contribution in [1.82, 2.24) is 34.7 Å². The first-order valence-corrected chi connectivity index (χ1v) is 7.75. The molecule has 1 amide bonds. The Kier molecular flexibility index (Phi) is 3.70. The predicted molar refractivity (Wildman–Crippen MR) is 90.3 cm³/mol. The zero-order chi connectivity index (χ0) is 17.2. The molecule has 0 aliphatic rings. The summed E-state index contributed by atoms with van der Waals surface area (Å²) in [4.78, 5) is 21.1. The van der Waals surface area contributed by atoms with E-state index in [1.807, 2.05) is 37.4 Å². The number of aromatic nitrogens is 6. The molecule has 25 heavy (non-hydrogen) atoms. The zero-order valence-corrected chi connectivity index (χ0v) is 13.5. The second kappa shape index (κ2) is 6.16. The third-order valence-corrected chi connectivity index (χ3v) is 3.76. The van der Waals surface area contributed by atoms with Crippen molar-refractivity contribution in [3.8, 4) is 5.82 Å². The molecule has 0 bridgehead atoms. The van der Waals surface area contributed by atoms with E-state index in [9.17, 15) is 4.79 Å². The molecule has 0 aromatic carbocycles. The van der Waals surface area contributed by atoms with Gasteiger partial charge < -0.3 is 5.32 Å². The molecule has 8 heteroatoms. The van der Waals surface area contributed by atoms with E-state index >= 15 is 0 Å². The second-order valence-corrected chi connectivity index (χ2v) is 5.55. The average Bonchev–Trinajstić information content (AvgIpc) is 3.29. The summed E-state index contributed by atoms with van der Waals surface area (Å²) in [6.45, 7) is 2.25. The van der Waals surface area contributed by atoms with Crippen LogP contribution in [0.4, 0.5) is 0 Å². The Bertz CT molecular complexity index is 1040. The molecule has 4 aromatic heterocycles. The van der Waals surface area contributed by atoms with Gasteiger partial charge in [-0.2, -0.15) is 10.2 Å². The highest BCUT2D eigenvalue weighted by atomic mass is 16.1. The van der Waals surface area contributed by atoms with E-state index in [4.69, 9.17) is 0 Å². The number of nitrogens with zero attached hydrogens (tertiary/aromatic N) is 6. The van der Waals surface area contributed by atoms with Crippen molar-refractivity contribution in [2.24, 2.45) is 0 Å². The highest BCUT2D eigenvalue weighted by Crippen LogP contribution is 2.10. The lowest BCUT2D eigenvalue weighted by molar-refractivity contribution is 0.0952. The van der Waals surface area contributed by atoms with Crippen LogP contribution in [0.5, 0.6) is 0 Å². The van der Waals surface area contributed by atoms with Gasteiger partial charge in [-0.15, -0.1) is 0 Å². The number of carbonyl (C=O) groups is 1. The Hall–Kier alpha value is -3.55. The van der Waals surface area contributed by atoms with Gasteiger partial charge >= 0.3 is 0 Å². The monoisotopic (exact) mass is 333 g/mol. The number of hydrogen-bond donors (Lipinski definition) is 1. The molecule has 8 nitrogen and oxygen atoms in total. The summed E-state index contributed by atoms with van der Waals surface area (Å²) in [5.74, 6) is 0.482. The van der Waals surface area contributed by atoms with Crippen LogP contribution in [0.25, 0.3) is 11.5 Å². The van der Waals surface area contributed by atoms with Crippen LogP contribution in [0, 0.1) is 6.92 Å². The van der Waals surface area contributed by atoms with Crippen LogP contribution in [0.1, 0.15) is 21.6 Å². The minimum Gasteiger partial charge on any atom is -0.348 e. The van der Waals surface area contributed by atoms with Crippen molar-refractivity contribution in [2.45, 2.75) is 13.5 Å². The number of aryl methyl sites for hydroxylation is 1. The van der Waals surface area contributed by atoms with Crippen molar-refractivity contribution in [1.29, 1.82) is 0 Å². The molecule has 4 heterocycles. The molecular formula is C17H15N7O. The molecular weight excluding hydrogens is 318 g/mol. The molecule has 0 saturated carbocycles. The summed E-state index contributed by atoms with van der Waals surface area (Å²) >= 11 is 0. The van der Waals surface area contributed by atoms with Crippen LogP contribution < -0.4 is 5.32 Å². The van der Waals surface area contributed by atoms with E-state index in [1.165, 1.54) is 6.20 Å². The molecule has 1 N–H and O–H groups in total. The minimum absolute atomic E-state index is 0.217. The summed E-state index contributed by atoms with van der Waals surface area (Å²) in [6, 6.07) is 7.41. The summed E-state index contributed by atoms with van der Waals surface area (Å²) in [6.07, 6.45) is 8.51. The predicted octanol–water partition coefficient (Wildman–Crippen LogP) is 1.55. The largest absolute Gasteiger partial charge is 0.348 e. The Balaban J connectivity index is 1.52. The molecule has 0 atom stereocenters. The highest BCUT2D eigenvalue weighted by molar-refractivity contribution is 5.99. The Labute approximate surface area is 143 Å². The fraction of sp³-hybridized carbons (Fsp3) is 0.118. The summed E-state index contributed by atoms with van der Waals surface area (Å²) in [5, 5.41) is 11.2. The lowest BCUT2D eigenvalue weighted by Gasteiger charge is -2.06. The van der Waals surface area contributed by atoms with E-state index in [0.29, 0.717) is 23.6 Å². The van der Waals surface area contributed by atoms with E-state index in [1.54, 1.807) is 27.8 Å². The quantitative estimate of drug-likeness (QED) is 0.612. The van der Waals surface area contributed by atoms with Crippen LogP contribution in [0.15, 0.2) is 55.2 Å². The molecule has 0 saturated heterocycles. The van der Waals surface area contributed by atoms with Gasteiger partial charge in [-0.1, -0.05) is 0 Å². The van der Waals surface area contributed by atoms with Gasteiger partial charge in [0, 0.05) is 37.0 Å². The fourth-order valence-electron chi connectivity index (χ4n) is 2.50. The first-order valence-electron chi connectivity index (χ1n) is 7.75. The SMILES string of the molecule is Cc1ccn2ncc(C(=O)NCc3ccnc(-n4cccn4)c3)c2n1. The van der Waals surface area contributed by atoms with Crippen molar-refractivity contribution in [2.75, 3.05) is 0 Å². The third-order valence-electron chi connectivity index (χ3n) is 3.76. The number of amides is 1. The summed E-state index contributed by atoms with van der Waals surface area (Å²) in [5.41, 5.74) is 2.75. The molecule has 0 fully saturated rings. The maximum Gasteiger partial charge on any atom is 0.257 e. The lowest BCUT2D eigenvalue weighted by atomic mass is 10.2. The molecule has 0 aliphatic carbocycles. The van der Waals surface area contributed by atoms with E-state index < -0.39 is 0 Å². The molecule has 4 rings (SSSR count). The van der Waals surface area contributed by atoms with Crippen molar-refractivity contribution < 1.29 is 4.79 Å². The highest BCUT2D eigenvalue weighted by Gasteiger charge is 2.14. The Morgan fingerprint density at radius 2 is 2.12 bits per heavy atom. The Morgan fingerprint density at radius 1 is 1.20 bits per heavy atom. The number of rotatable bonds is 4. The maximum atomic E-state index is 12.5. The van der Waals surface area contributed by atoms with Gasteiger partial charge in [0.25, 0.3) is 5.91 Å². The van der Waals surface area contributed by atoms with Crippen LogP contribution in [0.2, 0.25) is 0 Å². The first kappa shape index (κ1) is 15.0. The first-order chi connectivity index (χ1) is 12.2. The van der Waals surface area contributed by atoms with Crippen LogP contribution in [-0.2, 0) is 6.54 Å².